The molecule has 1 aromatic carbocycles. The number of carbonyl (C=O) groups is 1. The lowest BCUT2D eigenvalue weighted by molar-refractivity contribution is 0.262. The fraction of sp³-hybridized carbons (Fsp3) is 0.450. The van der Waals surface area contributed by atoms with Crippen LogP contribution in [0.5, 0.6) is 0 Å². The number of piperidine rings is 1. The molecule has 1 fully saturated rings. The van der Waals surface area contributed by atoms with Crippen molar-refractivity contribution in [2.75, 3.05) is 35.6 Å². The maximum absolute atomic E-state index is 12.3. The summed E-state index contributed by atoms with van der Waals surface area (Å²) in [6.07, 6.45) is 2.42. The van der Waals surface area contributed by atoms with E-state index in [1.54, 1.807) is 0 Å². The summed E-state index contributed by atoms with van der Waals surface area (Å²) < 4.78 is 0. The Morgan fingerprint density at radius 3 is 2.74 bits per heavy atom. The molecule has 1 unspecified atom stereocenters. The third kappa shape index (κ3) is 5.65. The molecule has 7 nitrogen and oxygen atoms in total. The topological polar surface area (TPSA) is 91.0 Å². The minimum absolute atomic E-state index is 0.292. The molecule has 2 heterocycles. The Labute approximate surface area is 160 Å². The molecule has 3 rings (SSSR count). The van der Waals surface area contributed by atoms with Crippen LogP contribution in [0.4, 0.5) is 22.2 Å². The second-order valence-electron chi connectivity index (χ2n) is 7.19. The van der Waals surface area contributed by atoms with Crippen LogP contribution < -0.4 is 21.3 Å². The Morgan fingerprint density at radius 2 is 2.00 bits per heavy atom. The van der Waals surface area contributed by atoms with Crippen LogP contribution in [0.25, 0.3) is 0 Å². The molecule has 7 heteroatoms. The number of carbonyl (C=O) groups excluding carboxylic acids is 1. The molecule has 1 aromatic heterocycles. The fourth-order valence-corrected chi connectivity index (χ4v) is 3.15. The monoisotopic (exact) mass is 368 g/mol. The van der Waals surface area contributed by atoms with Crippen LogP contribution in [0.1, 0.15) is 29.7 Å². The van der Waals surface area contributed by atoms with Crippen molar-refractivity contribution in [2.24, 2.45) is 5.92 Å². The molecule has 1 atom stereocenters. The first-order valence-electron chi connectivity index (χ1n) is 9.45. The van der Waals surface area contributed by atoms with Crippen LogP contribution in [0.15, 0.2) is 24.3 Å². The van der Waals surface area contributed by atoms with Gasteiger partial charge in [0, 0.05) is 24.0 Å². The summed E-state index contributed by atoms with van der Waals surface area (Å²) in [4.78, 5) is 21.0. The summed E-state index contributed by atoms with van der Waals surface area (Å²) in [6, 6.07) is 7.34. The highest BCUT2D eigenvalue weighted by atomic mass is 16.2. The van der Waals surface area contributed by atoms with Gasteiger partial charge in [0.1, 0.15) is 5.82 Å². The lowest BCUT2D eigenvalue weighted by Crippen LogP contribution is -2.33. The number of aromatic nitrogens is 2. The van der Waals surface area contributed by atoms with E-state index in [1.807, 2.05) is 45.0 Å². The largest absolute Gasteiger partial charge is 0.370 e. The van der Waals surface area contributed by atoms with Crippen LogP contribution in [0.3, 0.4) is 0 Å². The zero-order valence-electron chi connectivity index (χ0n) is 16.2. The molecule has 0 bridgehead atoms. The van der Waals surface area contributed by atoms with E-state index >= 15 is 0 Å². The molecule has 2 amide bonds. The van der Waals surface area contributed by atoms with E-state index in [2.05, 4.69) is 31.2 Å². The summed E-state index contributed by atoms with van der Waals surface area (Å²) in [6.45, 7) is 8.94. The molecule has 2 aromatic rings. The Hall–Kier alpha value is -2.67. The van der Waals surface area contributed by atoms with Gasteiger partial charge in [0.05, 0.1) is 0 Å². The number of rotatable bonds is 5. The van der Waals surface area contributed by atoms with E-state index in [1.165, 1.54) is 18.4 Å². The average Bonchev–Trinajstić information content (AvgIpc) is 2.63. The Kier molecular flexibility index (Phi) is 6.24. The van der Waals surface area contributed by atoms with Crippen molar-refractivity contribution in [3.8, 4) is 0 Å². The summed E-state index contributed by atoms with van der Waals surface area (Å²) in [5.41, 5.74) is 3.86. The molecule has 1 saturated heterocycles. The first-order chi connectivity index (χ1) is 13.0. The van der Waals surface area contributed by atoms with E-state index < -0.39 is 0 Å². The van der Waals surface area contributed by atoms with Crippen molar-refractivity contribution in [1.29, 1.82) is 0 Å². The van der Waals surface area contributed by atoms with Gasteiger partial charge in [-0.3, -0.25) is 5.32 Å². The molecular weight excluding hydrogens is 340 g/mol. The summed E-state index contributed by atoms with van der Waals surface area (Å²) >= 11 is 0. The highest BCUT2D eigenvalue weighted by Crippen LogP contribution is 2.16. The SMILES string of the molecule is Cc1cc(NCC2CCCNC2)nc(NC(=O)Nc2ccc(C)c(C)c2)n1. The van der Waals surface area contributed by atoms with E-state index in [-0.39, 0.29) is 6.03 Å². The summed E-state index contributed by atoms with van der Waals surface area (Å²) in [5.74, 6) is 1.62. The van der Waals surface area contributed by atoms with E-state index in [0.717, 1.165) is 42.4 Å². The standard InChI is InChI=1S/C20H28N6O/c1-13-6-7-17(9-14(13)2)24-20(27)26-19-23-15(3)10-18(25-19)22-12-16-5-4-8-21-11-16/h6-7,9-10,16,21H,4-5,8,11-12H2,1-3H3,(H3,22,23,24,25,26,27). The number of benzene rings is 1. The molecule has 144 valence electrons. The van der Waals surface area contributed by atoms with Crippen molar-refractivity contribution >= 4 is 23.5 Å². The molecule has 0 saturated carbocycles. The molecule has 27 heavy (non-hydrogen) atoms. The van der Waals surface area contributed by atoms with E-state index in [4.69, 9.17) is 0 Å². The highest BCUT2D eigenvalue weighted by molar-refractivity contribution is 5.98. The first-order valence-corrected chi connectivity index (χ1v) is 9.45. The number of hydrogen-bond acceptors (Lipinski definition) is 5. The lowest BCUT2D eigenvalue weighted by atomic mass is 10.00. The van der Waals surface area contributed by atoms with Gasteiger partial charge in [-0.25, -0.2) is 9.78 Å². The van der Waals surface area contributed by atoms with Gasteiger partial charge in [0.25, 0.3) is 0 Å². The minimum Gasteiger partial charge on any atom is -0.370 e. The average molecular weight is 368 g/mol. The molecule has 0 radical (unpaired) electrons. The van der Waals surface area contributed by atoms with Crippen LogP contribution in [-0.4, -0.2) is 35.6 Å². The first kappa shape index (κ1) is 19.1. The van der Waals surface area contributed by atoms with Gasteiger partial charge in [0.2, 0.25) is 5.95 Å². The maximum Gasteiger partial charge on any atom is 0.326 e. The quantitative estimate of drug-likeness (QED) is 0.649. The normalized spacial score (nSPS) is 16.6. The van der Waals surface area contributed by atoms with E-state index in [9.17, 15) is 4.79 Å². The number of nitrogens with one attached hydrogen (secondary N) is 4. The van der Waals surface area contributed by atoms with Gasteiger partial charge < -0.3 is 16.0 Å². The number of amides is 2. The van der Waals surface area contributed by atoms with Crippen LogP contribution in [0.2, 0.25) is 0 Å². The second kappa shape index (κ2) is 8.81. The zero-order chi connectivity index (χ0) is 19.2. The van der Waals surface area contributed by atoms with Crippen LogP contribution in [-0.2, 0) is 0 Å². The zero-order valence-corrected chi connectivity index (χ0v) is 16.2. The van der Waals surface area contributed by atoms with Crippen molar-refractivity contribution in [3.05, 3.63) is 41.1 Å². The second-order valence-corrected chi connectivity index (χ2v) is 7.19. The van der Waals surface area contributed by atoms with Crippen LogP contribution in [0, 0.1) is 26.7 Å². The van der Waals surface area contributed by atoms with Crippen LogP contribution >= 0.6 is 0 Å². The van der Waals surface area contributed by atoms with Gasteiger partial charge in [-0.15, -0.1) is 0 Å². The third-order valence-electron chi connectivity index (χ3n) is 4.82. The third-order valence-corrected chi connectivity index (χ3v) is 4.82. The predicted octanol–water partition coefficient (Wildman–Crippen LogP) is 3.46. The van der Waals surface area contributed by atoms with Gasteiger partial charge in [0.15, 0.2) is 0 Å². The Balaban J connectivity index is 1.59. The van der Waals surface area contributed by atoms with E-state index in [0.29, 0.717) is 11.9 Å². The highest BCUT2D eigenvalue weighted by Gasteiger charge is 2.13. The number of urea groups is 1. The Morgan fingerprint density at radius 1 is 1.15 bits per heavy atom. The molecule has 0 aliphatic carbocycles. The number of nitrogens with zero attached hydrogens (tertiary/aromatic N) is 2. The van der Waals surface area contributed by atoms with Crippen molar-refractivity contribution in [2.45, 2.75) is 33.6 Å². The smallest absolute Gasteiger partial charge is 0.326 e. The number of hydrogen-bond donors (Lipinski definition) is 4. The van der Waals surface area contributed by atoms with Crippen molar-refractivity contribution in [1.82, 2.24) is 15.3 Å². The van der Waals surface area contributed by atoms with Gasteiger partial charge in [-0.05, 0) is 75.9 Å². The molecule has 0 spiro atoms. The number of aryl methyl sites for hydroxylation is 3. The maximum atomic E-state index is 12.3. The fourth-order valence-electron chi connectivity index (χ4n) is 3.15. The minimum atomic E-state index is -0.355. The van der Waals surface area contributed by atoms with Crippen molar-refractivity contribution < 1.29 is 4.79 Å². The molecule has 4 N–H and O–H groups in total. The number of anilines is 3. The predicted molar refractivity (Wildman–Crippen MR) is 109 cm³/mol. The lowest BCUT2D eigenvalue weighted by Gasteiger charge is -2.23. The van der Waals surface area contributed by atoms with Gasteiger partial charge >= 0.3 is 6.03 Å². The summed E-state index contributed by atoms with van der Waals surface area (Å²) in [7, 11) is 0. The van der Waals surface area contributed by atoms with Gasteiger partial charge in [-0.1, -0.05) is 6.07 Å². The Bertz CT molecular complexity index is 801. The summed E-state index contributed by atoms with van der Waals surface area (Å²) in [5, 5.41) is 12.3. The molecular formula is C20H28N6O. The van der Waals surface area contributed by atoms with Gasteiger partial charge in [-0.2, -0.15) is 4.98 Å². The molecule has 1 aliphatic heterocycles. The van der Waals surface area contributed by atoms with Crippen molar-refractivity contribution in [3.63, 3.8) is 0 Å². The molecule has 1 aliphatic rings.